The van der Waals surface area contributed by atoms with E-state index in [0.29, 0.717) is 0 Å². The summed E-state index contributed by atoms with van der Waals surface area (Å²) in [6.07, 6.45) is -5.14. The molecule has 0 aliphatic heterocycles. The first-order chi connectivity index (χ1) is 8.20. The lowest BCUT2D eigenvalue weighted by atomic mass is 10.3. The molecule has 0 aliphatic carbocycles. The zero-order valence-corrected chi connectivity index (χ0v) is 9.95. The Morgan fingerprint density at radius 1 is 1.17 bits per heavy atom. The number of urea groups is 1. The number of carbonyl (C=O) groups excluding carboxylic acids is 2. The minimum Gasteiger partial charge on any atom is -0.306 e. The van der Waals surface area contributed by atoms with E-state index in [1.165, 1.54) is 18.2 Å². The fraction of sp³-hybridized carbons (Fsp3) is 0.111. The van der Waals surface area contributed by atoms with Gasteiger partial charge in [0.2, 0.25) is 0 Å². The summed E-state index contributed by atoms with van der Waals surface area (Å²) in [6, 6.07) is 2.63. The van der Waals surface area contributed by atoms with Gasteiger partial charge < -0.3 is 5.32 Å². The van der Waals surface area contributed by atoms with Gasteiger partial charge >= 0.3 is 18.1 Å². The molecule has 1 aromatic rings. The maximum absolute atomic E-state index is 11.9. The van der Waals surface area contributed by atoms with Gasteiger partial charge in [-0.2, -0.15) is 13.2 Å². The Bertz CT molecular complexity index is 491. The molecule has 0 saturated carbocycles. The highest BCUT2D eigenvalue weighted by Crippen LogP contribution is 2.25. The van der Waals surface area contributed by atoms with Crippen LogP contribution in [0.1, 0.15) is 0 Å². The number of carbonyl (C=O) groups is 2. The molecule has 0 heterocycles. The number of hydrogen-bond donors (Lipinski definition) is 2. The lowest BCUT2D eigenvalue weighted by Crippen LogP contribution is -2.42. The number of benzene rings is 1. The van der Waals surface area contributed by atoms with Gasteiger partial charge in [-0.1, -0.05) is 23.2 Å². The van der Waals surface area contributed by atoms with Gasteiger partial charge in [0.15, 0.2) is 0 Å². The van der Waals surface area contributed by atoms with Crippen molar-refractivity contribution < 1.29 is 22.8 Å². The highest BCUT2D eigenvalue weighted by molar-refractivity contribution is 6.35. The Kier molecular flexibility index (Phi) is 4.42. The predicted octanol–water partition coefficient (Wildman–Crippen LogP) is 3.20. The minimum atomic E-state index is -5.14. The van der Waals surface area contributed by atoms with Crippen LogP contribution in [0.25, 0.3) is 0 Å². The number of hydrogen-bond acceptors (Lipinski definition) is 2. The number of alkyl halides is 3. The Labute approximate surface area is 109 Å². The van der Waals surface area contributed by atoms with E-state index in [0.717, 1.165) is 5.32 Å². The third-order valence-corrected chi connectivity index (χ3v) is 2.23. The third kappa shape index (κ3) is 4.08. The molecule has 1 aromatic carbocycles. The van der Waals surface area contributed by atoms with Crippen molar-refractivity contribution in [3.63, 3.8) is 0 Å². The first kappa shape index (κ1) is 14.6. The van der Waals surface area contributed by atoms with E-state index < -0.39 is 18.1 Å². The van der Waals surface area contributed by atoms with Crippen molar-refractivity contribution in [1.29, 1.82) is 0 Å². The van der Waals surface area contributed by atoms with Crippen LogP contribution in [0.5, 0.6) is 0 Å². The molecule has 18 heavy (non-hydrogen) atoms. The topological polar surface area (TPSA) is 58.2 Å². The molecule has 0 fully saturated rings. The second-order valence-corrected chi connectivity index (χ2v) is 3.87. The summed E-state index contributed by atoms with van der Waals surface area (Å²) in [5, 5.41) is 3.35. The highest BCUT2D eigenvalue weighted by Gasteiger charge is 2.39. The molecule has 0 unspecified atom stereocenters. The van der Waals surface area contributed by atoms with Gasteiger partial charge in [-0.05, 0) is 18.2 Å². The van der Waals surface area contributed by atoms with E-state index in [4.69, 9.17) is 23.2 Å². The van der Waals surface area contributed by atoms with Crippen LogP contribution in [0, 0.1) is 0 Å². The monoisotopic (exact) mass is 300 g/mol. The molecule has 98 valence electrons. The molecule has 0 spiro atoms. The fourth-order valence-electron chi connectivity index (χ4n) is 0.921. The van der Waals surface area contributed by atoms with Crippen LogP contribution in [0.3, 0.4) is 0 Å². The number of nitrogens with one attached hydrogen (secondary N) is 2. The number of amides is 3. The third-order valence-electron chi connectivity index (χ3n) is 1.66. The number of imide groups is 1. The molecule has 0 saturated heterocycles. The molecule has 0 radical (unpaired) electrons. The van der Waals surface area contributed by atoms with Crippen molar-refractivity contribution in [3.8, 4) is 0 Å². The van der Waals surface area contributed by atoms with Crippen LogP contribution in [0.4, 0.5) is 23.7 Å². The van der Waals surface area contributed by atoms with E-state index in [2.05, 4.69) is 0 Å². The van der Waals surface area contributed by atoms with Crippen molar-refractivity contribution in [2.45, 2.75) is 6.18 Å². The first-order valence-electron chi connectivity index (χ1n) is 4.34. The molecule has 3 amide bonds. The summed E-state index contributed by atoms with van der Waals surface area (Å²) >= 11 is 11.3. The number of rotatable bonds is 1. The van der Waals surface area contributed by atoms with Gasteiger partial charge in [0.05, 0.1) is 10.7 Å². The van der Waals surface area contributed by atoms with E-state index in [-0.39, 0.29) is 15.7 Å². The van der Waals surface area contributed by atoms with E-state index in [1.807, 2.05) is 5.32 Å². The first-order valence-corrected chi connectivity index (χ1v) is 5.10. The van der Waals surface area contributed by atoms with Crippen LogP contribution < -0.4 is 10.6 Å². The van der Waals surface area contributed by atoms with Crippen LogP contribution >= 0.6 is 23.2 Å². The molecule has 0 atom stereocenters. The minimum absolute atomic E-state index is 0.0170. The van der Waals surface area contributed by atoms with Crippen LogP contribution in [0.15, 0.2) is 18.2 Å². The Balaban J connectivity index is 2.71. The zero-order chi connectivity index (χ0) is 13.9. The number of anilines is 1. The highest BCUT2D eigenvalue weighted by atomic mass is 35.5. The van der Waals surface area contributed by atoms with Crippen molar-refractivity contribution in [1.82, 2.24) is 5.32 Å². The average molecular weight is 301 g/mol. The van der Waals surface area contributed by atoms with E-state index in [9.17, 15) is 22.8 Å². The Morgan fingerprint density at radius 2 is 1.78 bits per heavy atom. The standard InChI is InChI=1S/C9H5Cl2F3N2O2/c10-4-1-2-5(11)6(3-4)15-8(18)16-7(17)9(12,13)14/h1-3H,(H2,15,16,17,18). The summed E-state index contributed by atoms with van der Waals surface area (Å²) < 4.78 is 35.6. The molecule has 4 nitrogen and oxygen atoms in total. The van der Waals surface area contributed by atoms with Gasteiger partial charge in [-0.3, -0.25) is 10.1 Å². The van der Waals surface area contributed by atoms with Crippen molar-refractivity contribution in [2.75, 3.05) is 5.32 Å². The lowest BCUT2D eigenvalue weighted by Gasteiger charge is -2.09. The second-order valence-electron chi connectivity index (χ2n) is 3.03. The zero-order valence-electron chi connectivity index (χ0n) is 8.44. The van der Waals surface area contributed by atoms with Gasteiger partial charge in [0.25, 0.3) is 0 Å². The second kappa shape index (κ2) is 5.45. The van der Waals surface area contributed by atoms with Crippen LogP contribution in [-0.2, 0) is 4.79 Å². The maximum atomic E-state index is 11.9. The van der Waals surface area contributed by atoms with Crippen LogP contribution in [0.2, 0.25) is 10.0 Å². The van der Waals surface area contributed by atoms with Crippen molar-refractivity contribution in [3.05, 3.63) is 28.2 Å². The maximum Gasteiger partial charge on any atom is 0.471 e. The molecule has 0 aliphatic rings. The molecule has 9 heteroatoms. The normalized spacial score (nSPS) is 10.9. The van der Waals surface area contributed by atoms with Gasteiger partial charge in [0.1, 0.15) is 0 Å². The molecule has 2 N–H and O–H groups in total. The van der Waals surface area contributed by atoms with Gasteiger partial charge in [-0.25, -0.2) is 4.79 Å². The largest absolute Gasteiger partial charge is 0.471 e. The van der Waals surface area contributed by atoms with E-state index >= 15 is 0 Å². The average Bonchev–Trinajstić information content (AvgIpc) is 2.22. The SMILES string of the molecule is O=C(NC(=O)C(F)(F)F)Nc1cc(Cl)ccc1Cl. The quantitative estimate of drug-likeness (QED) is 0.837. The number of halogens is 5. The van der Waals surface area contributed by atoms with Crippen molar-refractivity contribution >= 4 is 40.8 Å². The molecule has 0 aromatic heterocycles. The Morgan fingerprint density at radius 3 is 2.33 bits per heavy atom. The summed E-state index contributed by atoms with van der Waals surface area (Å²) in [6.45, 7) is 0. The molecular weight excluding hydrogens is 296 g/mol. The summed E-state index contributed by atoms with van der Waals surface area (Å²) in [7, 11) is 0. The predicted molar refractivity (Wildman–Crippen MR) is 59.7 cm³/mol. The smallest absolute Gasteiger partial charge is 0.306 e. The van der Waals surface area contributed by atoms with E-state index in [1.54, 1.807) is 0 Å². The summed E-state index contributed by atoms with van der Waals surface area (Å²) in [5.41, 5.74) is -0.0170. The van der Waals surface area contributed by atoms with Crippen LogP contribution in [-0.4, -0.2) is 18.1 Å². The van der Waals surface area contributed by atoms with Crippen molar-refractivity contribution in [2.24, 2.45) is 0 Å². The Hall–Kier alpha value is -1.47. The molecular formula is C9H5Cl2F3N2O2. The summed E-state index contributed by atoms with van der Waals surface area (Å²) in [4.78, 5) is 21.5. The molecule has 0 bridgehead atoms. The molecule has 1 rings (SSSR count). The fourth-order valence-corrected chi connectivity index (χ4v) is 1.26. The van der Waals surface area contributed by atoms with Gasteiger partial charge in [0, 0.05) is 5.02 Å². The lowest BCUT2D eigenvalue weighted by molar-refractivity contribution is -0.172. The van der Waals surface area contributed by atoms with Gasteiger partial charge in [-0.15, -0.1) is 0 Å². The summed E-state index contributed by atoms with van der Waals surface area (Å²) in [5.74, 6) is -2.38.